The second-order valence-corrected chi connectivity index (χ2v) is 4.01. The number of Topliss-reactive ketones (excluding diaryl/α,β-unsaturated/α-hetero) is 1. The smallest absolute Gasteiger partial charge is 0.141 e. The SMILES string of the molecule is CCC(=O)C1CCCCc2nccnc21. The van der Waals surface area contributed by atoms with Crippen LogP contribution < -0.4 is 0 Å². The second-order valence-electron chi connectivity index (χ2n) is 4.01. The molecule has 1 unspecified atom stereocenters. The van der Waals surface area contributed by atoms with Gasteiger partial charge in [0.2, 0.25) is 0 Å². The highest BCUT2D eigenvalue weighted by Crippen LogP contribution is 2.28. The summed E-state index contributed by atoms with van der Waals surface area (Å²) in [7, 11) is 0. The lowest BCUT2D eigenvalue weighted by atomic mass is 9.93. The highest BCUT2D eigenvalue weighted by Gasteiger charge is 2.25. The van der Waals surface area contributed by atoms with Gasteiger partial charge in [-0.15, -0.1) is 0 Å². The fourth-order valence-corrected chi connectivity index (χ4v) is 2.20. The molecule has 0 radical (unpaired) electrons. The summed E-state index contributed by atoms with van der Waals surface area (Å²) >= 11 is 0. The molecule has 80 valence electrons. The standard InChI is InChI=1S/C12H16N2O/c1-2-11(15)9-5-3-4-6-10-12(9)14-8-7-13-10/h7-9H,2-6H2,1H3. The van der Waals surface area contributed by atoms with Crippen molar-refractivity contribution < 1.29 is 4.79 Å². The highest BCUT2D eigenvalue weighted by molar-refractivity contribution is 5.85. The highest BCUT2D eigenvalue weighted by atomic mass is 16.1. The van der Waals surface area contributed by atoms with Gasteiger partial charge in [-0.25, -0.2) is 0 Å². The summed E-state index contributed by atoms with van der Waals surface area (Å²) in [5, 5.41) is 0. The third-order valence-corrected chi connectivity index (χ3v) is 3.03. The number of nitrogens with zero attached hydrogens (tertiary/aromatic N) is 2. The number of carbonyl (C=O) groups excluding carboxylic acids is 1. The van der Waals surface area contributed by atoms with Crippen molar-refractivity contribution in [1.82, 2.24) is 9.97 Å². The average Bonchev–Trinajstić information content (AvgIpc) is 2.50. The zero-order valence-corrected chi connectivity index (χ0v) is 9.07. The van der Waals surface area contributed by atoms with Gasteiger partial charge in [0.15, 0.2) is 0 Å². The quantitative estimate of drug-likeness (QED) is 0.694. The molecule has 0 bridgehead atoms. The van der Waals surface area contributed by atoms with Gasteiger partial charge in [0.05, 0.1) is 17.3 Å². The molecule has 3 heteroatoms. The summed E-state index contributed by atoms with van der Waals surface area (Å²) in [5.41, 5.74) is 1.96. The van der Waals surface area contributed by atoms with Gasteiger partial charge in [0, 0.05) is 18.8 Å². The maximum absolute atomic E-state index is 11.8. The Morgan fingerprint density at radius 2 is 2.20 bits per heavy atom. The van der Waals surface area contributed by atoms with E-state index in [0.717, 1.165) is 37.1 Å². The van der Waals surface area contributed by atoms with E-state index in [-0.39, 0.29) is 5.92 Å². The van der Waals surface area contributed by atoms with Gasteiger partial charge in [0.25, 0.3) is 0 Å². The van der Waals surface area contributed by atoms with Crippen LogP contribution in [0.15, 0.2) is 12.4 Å². The van der Waals surface area contributed by atoms with Crippen molar-refractivity contribution in [3.8, 4) is 0 Å². The Labute approximate surface area is 89.9 Å². The van der Waals surface area contributed by atoms with E-state index < -0.39 is 0 Å². The molecule has 0 amide bonds. The number of fused-ring (bicyclic) bond motifs is 1. The molecule has 0 saturated heterocycles. The van der Waals surface area contributed by atoms with Crippen molar-refractivity contribution in [3.05, 3.63) is 23.8 Å². The molecule has 1 aliphatic carbocycles. The molecule has 3 nitrogen and oxygen atoms in total. The molecule has 1 aromatic rings. The molecule has 1 heterocycles. The number of hydrogen-bond acceptors (Lipinski definition) is 3. The summed E-state index contributed by atoms with van der Waals surface area (Å²) < 4.78 is 0. The van der Waals surface area contributed by atoms with Gasteiger partial charge < -0.3 is 0 Å². The van der Waals surface area contributed by atoms with Gasteiger partial charge >= 0.3 is 0 Å². The lowest BCUT2D eigenvalue weighted by molar-refractivity contribution is -0.120. The van der Waals surface area contributed by atoms with E-state index in [4.69, 9.17) is 0 Å². The van der Waals surface area contributed by atoms with Crippen LogP contribution >= 0.6 is 0 Å². The fourth-order valence-electron chi connectivity index (χ4n) is 2.20. The van der Waals surface area contributed by atoms with Gasteiger partial charge in [0.1, 0.15) is 5.78 Å². The van der Waals surface area contributed by atoms with E-state index in [1.54, 1.807) is 12.4 Å². The Balaban J connectivity index is 2.37. The number of ketones is 1. The lowest BCUT2D eigenvalue weighted by Crippen LogP contribution is -2.14. The zero-order chi connectivity index (χ0) is 10.7. The van der Waals surface area contributed by atoms with Crippen LogP contribution in [-0.2, 0) is 11.2 Å². The van der Waals surface area contributed by atoms with Crippen molar-refractivity contribution >= 4 is 5.78 Å². The predicted octanol–water partition coefficient (Wildman–Crippen LogP) is 2.27. The summed E-state index contributed by atoms with van der Waals surface area (Å²) in [5.74, 6) is 0.305. The Hall–Kier alpha value is -1.25. The molecule has 0 spiro atoms. The van der Waals surface area contributed by atoms with E-state index in [2.05, 4.69) is 9.97 Å². The monoisotopic (exact) mass is 204 g/mol. The van der Waals surface area contributed by atoms with E-state index in [0.29, 0.717) is 12.2 Å². The second kappa shape index (κ2) is 4.51. The van der Waals surface area contributed by atoms with E-state index in [1.807, 2.05) is 6.92 Å². The molecule has 1 aromatic heterocycles. The number of hydrogen-bond donors (Lipinski definition) is 0. The minimum Gasteiger partial charge on any atom is -0.299 e. The Kier molecular flexibility index (Phi) is 3.09. The Morgan fingerprint density at radius 3 is 3.00 bits per heavy atom. The molecular formula is C12H16N2O. The zero-order valence-electron chi connectivity index (χ0n) is 9.07. The first-order valence-corrected chi connectivity index (χ1v) is 5.65. The van der Waals surface area contributed by atoms with Crippen molar-refractivity contribution in [3.63, 3.8) is 0 Å². The van der Waals surface area contributed by atoms with E-state index in [1.165, 1.54) is 0 Å². The first-order chi connectivity index (χ1) is 7.33. The summed E-state index contributed by atoms with van der Waals surface area (Å²) in [6.07, 6.45) is 8.15. The molecule has 0 saturated carbocycles. The van der Waals surface area contributed by atoms with Crippen molar-refractivity contribution in [2.75, 3.05) is 0 Å². The van der Waals surface area contributed by atoms with Crippen LogP contribution in [0.2, 0.25) is 0 Å². The summed E-state index contributed by atoms with van der Waals surface area (Å²) in [6, 6.07) is 0. The first-order valence-electron chi connectivity index (χ1n) is 5.65. The number of carbonyl (C=O) groups is 1. The minimum atomic E-state index is 0.00111. The third-order valence-electron chi connectivity index (χ3n) is 3.03. The van der Waals surface area contributed by atoms with Crippen molar-refractivity contribution in [1.29, 1.82) is 0 Å². The van der Waals surface area contributed by atoms with Crippen LogP contribution in [0.25, 0.3) is 0 Å². The third kappa shape index (κ3) is 2.06. The lowest BCUT2D eigenvalue weighted by Gasteiger charge is -2.13. The topological polar surface area (TPSA) is 42.9 Å². The number of aromatic nitrogens is 2. The van der Waals surface area contributed by atoms with Crippen LogP contribution in [0.1, 0.15) is 49.9 Å². The molecule has 2 rings (SSSR count). The normalized spacial score (nSPS) is 20.5. The molecule has 0 N–H and O–H groups in total. The largest absolute Gasteiger partial charge is 0.299 e. The molecule has 0 aliphatic heterocycles. The Bertz CT molecular complexity index is 362. The maximum atomic E-state index is 11.8. The predicted molar refractivity (Wildman–Crippen MR) is 57.6 cm³/mol. The minimum absolute atomic E-state index is 0.00111. The summed E-state index contributed by atoms with van der Waals surface area (Å²) in [4.78, 5) is 20.5. The van der Waals surface area contributed by atoms with Crippen molar-refractivity contribution in [2.45, 2.75) is 44.9 Å². The number of aryl methyl sites for hydroxylation is 1. The van der Waals surface area contributed by atoms with Gasteiger partial charge in [-0.05, 0) is 19.3 Å². The van der Waals surface area contributed by atoms with Crippen LogP contribution in [0.3, 0.4) is 0 Å². The first kappa shape index (κ1) is 10.3. The van der Waals surface area contributed by atoms with Crippen LogP contribution in [-0.4, -0.2) is 15.8 Å². The molecule has 1 aliphatic rings. The Morgan fingerprint density at radius 1 is 1.40 bits per heavy atom. The fraction of sp³-hybridized carbons (Fsp3) is 0.583. The van der Waals surface area contributed by atoms with Crippen molar-refractivity contribution in [2.24, 2.45) is 0 Å². The molecule has 0 aromatic carbocycles. The number of rotatable bonds is 2. The summed E-state index contributed by atoms with van der Waals surface area (Å²) in [6.45, 7) is 1.92. The van der Waals surface area contributed by atoms with E-state index >= 15 is 0 Å². The van der Waals surface area contributed by atoms with Crippen LogP contribution in [0.5, 0.6) is 0 Å². The molecular weight excluding hydrogens is 188 g/mol. The van der Waals surface area contributed by atoms with Gasteiger partial charge in [-0.3, -0.25) is 14.8 Å². The maximum Gasteiger partial charge on any atom is 0.141 e. The van der Waals surface area contributed by atoms with Gasteiger partial charge in [-0.1, -0.05) is 13.3 Å². The molecule has 15 heavy (non-hydrogen) atoms. The molecule has 1 atom stereocenters. The average molecular weight is 204 g/mol. The van der Waals surface area contributed by atoms with Gasteiger partial charge in [-0.2, -0.15) is 0 Å². The molecule has 0 fully saturated rings. The van der Waals surface area contributed by atoms with Crippen LogP contribution in [0.4, 0.5) is 0 Å². The van der Waals surface area contributed by atoms with Crippen LogP contribution in [0, 0.1) is 0 Å². The van der Waals surface area contributed by atoms with E-state index in [9.17, 15) is 4.79 Å².